The first-order valence-corrected chi connectivity index (χ1v) is 5.44. The zero-order valence-electron chi connectivity index (χ0n) is 9.15. The Morgan fingerprint density at radius 1 is 1.06 bits per heavy atom. The van der Waals surface area contributed by atoms with Gasteiger partial charge < -0.3 is 4.74 Å². The van der Waals surface area contributed by atoms with Gasteiger partial charge in [0.1, 0.15) is 11.4 Å². The molecule has 0 unspecified atom stereocenters. The summed E-state index contributed by atoms with van der Waals surface area (Å²) in [5.41, 5.74) is -1.25. The minimum absolute atomic E-state index is 0.203. The molecule has 1 aromatic rings. The third-order valence-electron chi connectivity index (χ3n) is 1.62. The van der Waals surface area contributed by atoms with Crippen molar-refractivity contribution in [2.24, 2.45) is 0 Å². The molecule has 0 amide bonds. The van der Waals surface area contributed by atoms with Crippen molar-refractivity contribution in [1.82, 2.24) is 0 Å². The summed E-state index contributed by atoms with van der Waals surface area (Å²) in [4.78, 5) is 0. The normalized spacial score (nSPS) is 12.7. The van der Waals surface area contributed by atoms with Gasteiger partial charge in [0, 0.05) is 4.47 Å². The fraction of sp³-hybridized carbons (Fsp3) is 0.455. The van der Waals surface area contributed by atoms with Crippen LogP contribution in [0.4, 0.5) is 13.2 Å². The molecule has 0 saturated heterocycles. The quantitative estimate of drug-likeness (QED) is 0.733. The van der Waals surface area contributed by atoms with E-state index in [4.69, 9.17) is 4.74 Å². The second kappa shape index (κ2) is 4.28. The van der Waals surface area contributed by atoms with Gasteiger partial charge in [-0.25, -0.2) is 0 Å². The third kappa shape index (κ3) is 4.04. The Hall–Kier alpha value is -0.710. The second-order valence-electron chi connectivity index (χ2n) is 4.39. The van der Waals surface area contributed by atoms with Crippen molar-refractivity contribution in [3.8, 4) is 5.75 Å². The Kier molecular flexibility index (Phi) is 3.57. The van der Waals surface area contributed by atoms with Crippen LogP contribution in [0.25, 0.3) is 0 Å². The highest BCUT2D eigenvalue weighted by atomic mass is 79.9. The van der Waals surface area contributed by atoms with Crippen molar-refractivity contribution >= 4 is 15.9 Å². The first kappa shape index (κ1) is 13.4. The largest absolute Gasteiger partial charge is 0.488 e. The SMILES string of the molecule is CC(C)(C)Oc1cc(Br)cc(C(F)(F)F)c1. The van der Waals surface area contributed by atoms with Gasteiger partial charge in [-0.3, -0.25) is 0 Å². The average Bonchev–Trinajstić information content (AvgIpc) is 1.97. The van der Waals surface area contributed by atoms with Gasteiger partial charge in [-0.2, -0.15) is 13.2 Å². The lowest BCUT2D eigenvalue weighted by Gasteiger charge is -2.22. The smallest absolute Gasteiger partial charge is 0.416 e. The van der Waals surface area contributed by atoms with Gasteiger partial charge in [-0.1, -0.05) is 15.9 Å². The molecular formula is C11H12BrF3O. The van der Waals surface area contributed by atoms with E-state index in [0.717, 1.165) is 12.1 Å². The Labute approximate surface area is 101 Å². The summed E-state index contributed by atoms with van der Waals surface area (Å²) in [6.45, 7) is 5.34. The lowest BCUT2D eigenvalue weighted by Crippen LogP contribution is -2.23. The standard InChI is InChI=1S/C11H12BrF3O/c1-10(2,3)16-9-5-7(11(13,14)15)4-8(12)6-9/h4-6H,1-3H3. The van der Waals surface area contributed by atoms with Gasteiger partial charge in [-0.05, 0) is 39.0 Å². The van der Waals surface area contributed by atoms with E-state index in [1.54, 1.807) is 20.8 Å². The molecule has 0 N–H and O–H groups in total. The maximum absolute atomic E-state index is 12.5. The number of hydrogen-bond donors (Lipinski definition) is 0. The number of benzene rings is 1. The van der Waals surface area contributed by atoms with Crippen LogP contribution in [0.2, 0.25) is 0 Å². The molecule has 0 heterocycles. The second-order valence-corrected chi connectivity index (χ2v) is 5.30. The van der Waals surface area contributed by atoms with Crippen molar-refractivity contribution in [2.45, 2.75) is 32.5 Å². The highest BCUT2D eigenvalue weighted by Crippen LogP contribution is 2.34. The summed E-state index contributed by atoms with van der Waals surface area (Å²) in [7, 11) is 0. The molecule has 0 radical (unpaired) electrons. The van der Waals surface area contributed by atoms with Crippen molar-refractivity contribution in [3.05, 3.63) is 28.2 Å². The van der Waals surface area contributed by atoms with Gasteiger partial charge in [-0.15, -0.1) is 0 Å². The summed E-state index contributed by atoms with van der Waals surface area (Å²) < 4.78 is 43.3. The predicted octanol–water partition coefficient (Wildman–Crippen LogP) is 4.65. The van der Waals surface area contributed by atoms with E-state index in [1.165, 1.54) is 6.07 Å². The maximum Gasteiger partial charge on any atom is 0.416 e. The number of rotatable bonds is 1. The van der Waals surface area contributed by atoms with Gasteiger partial charge in [0.2, 0.25) is 0 Å². The number of alkyl halides is 3. The lowest BCUT2D eigenvalue weighted by molar-refractivity contribution is -0.137. The van der Waals surface area contributed by atoms with Crippen LogP contribution >= 0.6 is 15.9 Å². The van der Waals surface area contributed by atoms with Crippen molar-refractivity contribution in [3.63, 3.8) is 0 Å². The van der Waals surface area contributed by atoms with Crippen LogP contribution in [0, 0.1) is 0 Å². The van der Waals surface area contributed by atoms with E-state index in [0.29, 0.717) is 4.47 Å². The van der Waals surface area contributed by atoms with Crippen LogP contribution in [0.5, 0.6) is 5.75 Å². The topological polar surface area (TPSA) is 9.23 Å². The molecule has 1 rings (SSSR count). The molecule has 0 aliphatic heterocycles. The van der Waals surface area contributed by atoms with Gasteiger partial charge in [0.25, 0.3) is 0 Å². The Balaban J connectivity index is 3.09. The van der Waals surface area contributed by atoms with Crippen LogP contribution in [-0.4, -0.2) is 5.60 Å². The summed E-state index contributed by atoms with van der Waals surface area (Å²) in [6, 6.07) is 3.53. The van der Waals surface area contributed by atoms with E-state index >= 15 is 0 Å². The number of ether oxygens (including phenoxy) is 1. The molecule has 0 aliphatic carbocycles. The minimum Gasteiger partial charge on any atom is -0.488 e. The van der Waals surface area contributed by atoms with Crippen molar-refractivity contribution in [2.75, 3.05) is 0 Å². The van der Waals surface area contributed by atoms with Gasteiger partial charge >= 0.3 is 6.18 Å². The zero-order valence-corrected chi connectivity index (χ0v) is 10.7. The fourth-order valence-electron chi connectivity index (χ4n) is 1.14. The molecule has 0 aliphatic rings. The monoisotopic (exact) mass is 296 g/mol. The Morgan fingerprint density at radius 3 is 2.06 bits per heavy atom. The van der Waals surface area contributed by atoms with E-state index in [9.17, 15) is 13.2 Å². The molecule has 90 valence electrons. The molecule has 0 spiro atoms. The maximum atomic E-state index is 12.5. The fourth-order valence-corrected chi connectivity index (χ4v) is 1.61. The molecule has 16 heavy (non-hydrogen) atoms. The number of hydrogen-bond acceptors (Lipinski definition) is 1. The molecule has 1 aromatic carbocycles. The minimum atomic E-state index is -4.36. The van der Waals surface area contributed by atoms with Crippen molar-refractivity contribution < 1.29 is 17.9 Å². The molecule has 0 fully saturated rings. The molecule has 0 bridgehead atoms. The molecule has 0 atom stereocenters. The Bertz CT molecular complexity index is 380. The highest BCUT2D eigenvalue weighted by Gasteiger charge is 2.31. The third-order valence-corrected chi connectivity index (χ3v) is 2.08. The van der Waals surface area contributed by atoms with Crippen LogP contribution in [0.1, 0.15) is 26.3 Å². The summed E-state index contributed by atoms with van der Waals surface area (Å²) in [5, 5.41) is 0. The van der Waals surface area contributed by atoms with Gasteiger partial charge in [0.15, 0.2) is 0 Å². The summed E-state index contributed by atoms with van der Waals surface area (Å²) in [5.74, 6) is 0.203. The van der Waals surface area contributed by atoms with E-state index in [1.807, 2.05) is 0 Å². The highest BCUT2D eigenvalue weighted by molar-refractivity contribution is 9.10. The van der Waals surface area contributed by atoms with Crippen molar-refractivity contribution in [1.29, 1.82) is 0 Å². The predicted molar refractivity (Wildman–Crippen MR) is 59.5 cm³/mol. The molecule has 1 nitrogen and oxygen atoms in total. The van der Waals surface area contributed by atoms with E-state index in [-0.39, 0.29) is 5.75 Å². The van der Waals surface area contributed by atoms with Crippen LogP contribution in [-0.2, 0) is 6.18 Å². The Morgan fingerprint density at radius 2 is 1.62 bits per heavy atom. The summed E-state index contributed by atoms with van der Waals surface area (Å²) >= 11 is 3.03. The molecule has 0 aromatic heterocycles. The van der Waals surface area contributed by atoms with Crippen LogP contribution < -0.4 is 4.74 Å². The zero-order chi connectivity index (χ0) is 12.6. The number of halogens is 4. The van der Waals surface area contributed by atoms with Gasteiger partial charge in [0.05, 0.1) is 5.56 Å². The van der Waals surface area contributed by atoms with Crippen LogP contribution in [0.3, 0.4) is 0 Å². The molecule has 5 heteroatoms. The van der Waals surface area contributed by atoms with E-state index in [2.05, 4.69) is 15.9 Å². The van der Waals surface area contributed by atoms with Crippen LogP contribution in [0.15, 0.2) is 22.7 Å². The summed E-state index contributed by atoms with van der Waals surface area (Å²) in [6.07, 6.45) is -4.36. The molecule has 0 saturated carbocycles. The molecular weight excluding hydrogens is 285 g/mol. The van der Waals surface area contributed by atoms with E-state index < -0.39 is 17.3 Å². The average molecular weight is 297 g/mol. The first-order chi connectivity index (χ1) is 7.08. The first-order valence-electron chi connectivity index (χ1n) is 4.65. The lowest BCUT2D eigenvalue weighted by atomic mass is 10.1.